The van der Waals surface area contributed by atoms with Gasteiger partial charge in [-0.1, -0.05) is 0 Å². The van der Waals surface area contributed by atoms with Crippen molar-refractivity contribution in [3.63, 3.8) is 0 Å². The van der Waals surface area contributed by atoms with Crippen LogP contribution in [0.4, 0.5) is 0 Å². The standard InChI is InChI=1S/C12H16INO4/c1-18-7-9(15)4-5-14-12(17)8-2-3-10(13)11(16)6-8/h2-3,6,9,15-16H,4-5,7H2,1H3,(H,14,17). The predicted octanol–water partition coefficient (Wildman–Crippen LogP) is 1.12. The van der Waals surface area contributed by atoms with E-state index in [1.165, 1.54) is 13.2 Å². The summed E-state index contributed by atoms with van der Waals surface area (Å²) in [5.74, 6) is -0.186. The molecule has 1 atom stereocenters. The molecule has 0 aromatic heterocycles. The predicted molar refractivity (Wildman–Crippen MR) is 75.7 cm³/mol. The summed E-state index contributed by atoms with van der Waals surface area (Å²) in [6, 6.07) is 4.73. The third kappa shape index (κ3) is 4.79. The Bertz CT molecular complexity index is 411. The molecule has 1 rings (SSSR count). The van der Waals surface area contributed by atoms with E-state index in [0.29, 0.717) is 22.1 Å². The van der Waals surface area contributed by atoms with E-state index in [1.807, 2.05) is 22.6 Å². The van der Waals surface area contributed by atoms with E-state index in [0.717, 1.165) is 0 Å². The zero-order chi connectivity index (χ0) is 13.5. The van der Waals surface area contributed by atoms with Gasteiger partial charge in [0.15, 0.2) is 0 Å². The van der Waals surface area contributed by atoms with Crippen LogP contribution in [0.3, 0.4) is 0 Å². The van der Waals surface area contributed by atoms with Crippen LogP contribution in [-0.4, -0.2) is 42.5 Å². The Balaban J connectivity index is 2.43. The van der Waals surface area contributed by atoms with Crippen molar-refractivity contribution in [1.29, 1.82) is 0 Å². The molecular weight excluding hydrogens is 349 g/mol. The number of carbonyl (C=O) groups is 1. The lowest BCUT2D eigenvalue weighted by molar-refractivity contribution is 0.0587. The molecule has 1 unspecified atom stereocenters. The van der Waals surface area contributed by atoms with Gasteiger partial charge in [-0.2, -0.15) is 0 Å². The van der Waals surface area contributed by atoms with Crippen molar-refractivity contribution in [2.24, 2.45) is 0 Å². The van der Waals surface area contributed by atoms with E-state index < -0.39 is 6.10 Å². The normalized spacial score (nSPS) is 12.2. The molecule has 3 N–H and O–H groups in total. The first-order chi connectivity index (χ1) is 8.54. The SMILES string of the molecule is COCC(O)CCNC(=O)c1ccc(I)c(O)c1. The quantitative estimate of drug-likeness (QED) is 0.661. The number of aliphatic hydroxyl groups is 1. The molecule has 0 aliphatic rings. The summed E-state index contributed by atoms with van der Waals surface area (Å²) >= 11 is 1.98. The molecule has 0 radical (unpaired) electrons. The number of nitrogens with one attached hydrogen (secondary N) is 1. The molecule has 1 aromatic carbocycles. The number of phenols is 1. The highest BCUT2D eigenvalue weighted by atomic mass is 127. The number of hydrogen-bond donors (Lipinski definition) is 3. The van der Waals surface area contributed by atoms with Crippen LogP contribution in [0.25, 0.3) is 0 Å². The topological polar surface area (TPSA) is 78.8 Å². The number of phenolic OH excluding ortho intramolecular Hbond substituents is 1. The van der Waals surface area contributed by atoms with Gasteiger partial charge in [0.05, 0.1) is 16.3 Å². The van der Waals surface area contributed by atoms with E-state index >= 15 is 0 Å². The Morgan fingerprint density at radius 1 is 1.56 bits per heavy atom. The Morgan fingerprint density at radius 3 is 2.89 bits per heavy atom. The Hall–Kier alpha value is -0.860. The molecule has 0 spiro atoms. The number of carbonyl (C=O) groups excluding carboxylic acids is 1. The number of ether oxygens (including phenoxy) is 1. The van der Waals surface area contributed by atoms with Crippen LogP contribution in [-0.2, 0) is 4.74 Å². The van der Waals surface area contributed by atoms with Crippen molar-refractivity contribution < 1.29 is 19.7 Å². The van der Waals surface area contributed by atoms with Crippen LogP contribution in [0.5, 0.6) is 5.75 Å². The van der Waals surface area contributed by atoms with Crippen LogP contribution in [0.2, 0.25) is 0 Å². The second-order valence-electron chi connectivity index (χ2n) is 3.82. The van der Waals surface area contributed by atoms with Gasteiger partial charge in [-0.3, -0.25) is 4.79 Å². The first-order valence-electron chi connectivity index (χ1n) is 5.48. The minimum absolute atomic E-state index is 0.0858. The van der Waals surface area contributed by atoms with Crippen molar-refractivity contribution in [1.82, 2.24) is 5.32 Å². The largest absolute Gasteiger partial charge is 0.507 e. The molecule has 0 aliphatic carbocycles. The molecule has 0 fully saturated rings. The number of rotatable bonds is 6. The van der Waals surface area contributed by atoms with Gasteiger partial charge in [0.25, 0.3) is 5.91 Å². The molecule has 0 saturated carbocycles. The van der Waals surface area contributed by atoms with Gasteiger partial charge in [-0.15, -0.1) is 0 Å². The van der Waals surface area contributed by atoms with Gasteiger partial charge in [-0.05, 0) is 47.2 Å². The fraction of sp³-hybridized carbons (Fsp3) is 0.417. The molecule has 6 heteroatoms. The lowest BCUT2D eigenvalue weighted by Crippen LogP contribution is -2.28. The minimum atomic E-state index is -0.583. The van der Waals surface area contributed by atoms with Crippen molar-refractivity contribution in [3.05, 3.63) is 27.3 Å². The highest BCUT2D eigenvalue weighted by Gasteiger charge is 2.09. The number of benzene rings is 1. The van der Waals surface area contributed by atoms with Crippen LogP contribution >= 0.6 is 22.6 Å². The molecule has 1 aromatic rings. The lowest BCUT2D eigenvalue weighted by Gasteiger charge is -2.10. The third-order valence-electron chi connectivity index (χ3n) is 2.33. The monoisotopic (exact) mass is 365 g/mol. The molecule has 1 amide bonds. The molecule has 0 heterocycles. The van der Waals surface area contributed by atoms with E-state index in [2.05, 4.69) is 5.32 Å². The molecule has 5 nitrogen and oxygen atoms in total. The van der Waals surface area contributed by atoms with Crippen LogP contribution in [0.1, 0.15) is 16.8 Å². The smallest absolute Gasteiger partial charge is 0.251 e. The average Bonchev–Trinajstić information content (AvgIpc) is 2.33. The van der Waals surface area contributed by atoms with E-state index in [9.17, 15) is 15.0 Å². The Kier molecular flexibility index (Phi) is 6.37. The maximum absolute atomic E-state index is 11.7. The maximum atomic E-state index is 11.7. The van der Waals surface area contributed by atoms with Crippen LogP contribution in [0, 0.1) is 3.57 Å². The fourth-order valence-electron chi connectivity index (χ4n) is 1.38. The third-order valence-corrected chi connectivity index (χ3v) is 3.24. The molecular formula is C12H16INO4. The van der Waals surface area contributed by atoms with Gasteiger partial charge in [0, 0.05) is 19.2 Å². The zero-order valence-corrected chi connectivity index (χ0v) is 12.2. The first-order valence-corrected chi connectivity index (χ1v) is 6.56. The summed E-state index contributed by atoms with van der Waals surface area (Å²) in [7, 11) is 1.51. The van der Waals surface area contributed by atoms with E-state index in [1.54, 1.807) is 12.1 Å². The maximum Gasteiger partial charge on any atom is 0.251 e. The number of methoxy groups -OCH3 is 1. The van der Waals surface area contributed by atoms with E-state index in [4.69, 9.17) is 4.74 Å². The van der Waals surface area contributed by atoms with Crippen molar-refractivity contribution in [2.45, 2.75) is 12.5 Å². The molecule has 100 valence electrons. The van der Waals surface area contributed by atoms with E-state index in [-0.39, 0.29) is 18.3 Å². The fourth-order valence-corrected chi connectivity index (χ4v) is 1.72. The van der Waals surface area contributed by atoms with Crippen LogP contribution in [0.15, 0.2) is 18.2 Å². The van der Waals surface area contributed by atoms with Gasteiger partial charge in [0.2, 0.25) is 0 Å². The highest BCUT2D eigenvalue weighted by Crippen LogP contribution is 2.20. The average molecular weight is 365 g/mol. The molecule has 18 heavy (non-hydrogen) atoms. The second-order valence-corrected chi connectivity index (χ2v) is 4.98. The number of aromatic hydroxyl groups is 1. The van der Waals surface area contributed by atoms with Crippen molar-refractivity contribution in [2.75, 3.05) is 20.3 Å². The summed E-state index contributed by atoms with van der Waals surface area (Å²) in [6.45, 7) is 0.607. The zero-order valence-electron chi connectivity index (χ0n) is 10.0. The van der Waals surface area contributed by atoms with Crippen molar-refractivity contribution >= 4 is 28.5 Å². The van der Waals surface area contributed by atoms with Crippen molar-refractivity contribution in [3.8, 4) is 5.75 Å². The molecule has 0 saturated heterocycles. The van der Waals surface area contributed by atoms with Gasteiger partial charge < -0.3 is 20.3 Å². The summed E-state index contributed by atoms with van der Waals surface area (Å²) in [4.78, 5) is 11.7. The van der Waals surface area contributed by atoms with Gasteiger partial charge >= 0.3 is 0 Å². The molecule has 0 bridgehead atoms. The minimum Gasteiger partial charge on any atom is -0.507 e. The number of halogens is 1. The molecule has 0 aliphatic heterocycles. The van der Waals surface area contributed by atoms with Gasteiger partial charge in [-0.25, -0.2) is 0 Å². The second kappa shape index (κ2) is 7.55. The number of amides is 1. The Labute approximate surface area is 119 Å². The number of hydrogen-bond acceptors (Lipinski definition) is 4. The van der Waals surface area contributed by atoms with Gasteiger partial charge in [0.1, 0.15) is 5.75 Å². The first kappa shape index (κ1) is 15.2. The lowest BCUT2D eigenvalue weighted by atomic mass is 10.2. The summed E-state index contributed by atoms with van der Waals surface area (Å²) in [5.41, 5.74) is 0.397. The Morgan fingerprint density at radius 2 is 2.28 bits per heavy atom. The highest BCUT2D eigenvalue weighted by molar-refractivity contribution is 14.1. The van der Waals surface area contributed by atoms with Crippen LogP contribution < -0.4 is 5.32 Å². The summed E-state index contributed by atoms with van der Waals surface area (Å²) in [5, 5.41) is 21.6. The summed E-state index contributed by atoms with van der Waals surface area (Å²) in [6.07, 6.45) is -0.156. The number of aliphatic hydroxyl groups excluding tert-OH is 1. The summed E-state index contributed by atoms with van der Waals surface area (Å²) < 4.78 is 5.47.